The molecule has 0 aliphatic rings. The van der Waals surface area contributed by atoms with Gasteiger partial charge in [-0.25, -0.2) is 0 Å². The van der Waals surface area contributed by atoms with Gasteiger partial charge in [0, 0.05) is 18.5 Å². The Morgan fingerprint density at radius 1 is 1.00 bits per heavy atom. The van der Waals surface area contributed by atoms with E-state index in [4.69, 9.17) is 4.42 Å². The number of hydrogen-bond acceptors (Lipinski definition) is 3. The average molecular weight is 413 g/mol. The Balaban J connectivity index is 2.16. The molecular formula is C25H36N2O3. The molecule has 5 nitrogen and oxygen atoms in total. The molecule has 1 aromatic carbocycles. The Kier molecular flexibility index (Phi) is 9.65. The molecule has 2 rings (SSSR count). The summed E-state index contributed by atoms with van der Waals surface area (Å²) < 4.78 is 5.48. The maximum atomic E-state index is 13.3. The molecule has 0 aliphatic carbocycles. The predicted molar refractivity (Wildman–Crippen MR) is 120 cm³/mol. The van der Waals surface area contributed by atoms with Gasteiger partial charge in [0.15, 0.2) is 0 Å². The van der Waals surface area contributed by atoms with E-state index in [2.05, 4.69) is 13.8 Å². The Bertz CT molecular complexity index is 756. The van der Waals surface area contributed by atoms with Crippen LogP contribution < -0.4 is 0 Å². The summed E-state index contributed by atoms with van der Waals surface area (Å²) in [6.45, 7) is 9.10. The highest BCUT2D eigenvalue weighted by atomic mass is 16.3. The molecule has 2 amide bonds. The third kappa shape index (κ3) is 7.05. The summed E-state index contributed by atoms with van der Waals surface area (Å²) in [4.78, 5) is 30.0. The number of nitrogens with zero attached hydrogens (tertiary/aromatic N) is 2. The third-order valence-electron chi connectivity index (χ3n) is 5.46. The van der Waals surface area contributed by atoms with Crippen LogP contribution in [0, 0.1) is 5.92 Å². The first-order chi connectivity index (χ1) is 14.5. The zero-order valence-corrected chi connectivity index (χ0v) is 18.8. The first kappa shape index (κ1) is 23.7. The molecule has 0 spiro atoms. The number of unbranched alkanes of at least 4 members (excludes halogenated alkanes) is 1. The molecule has 0 fully saturated rings. The van der Waals surface area contributed by atoms with Crippen molar-refractivity contribution in [2.75, 3.05) is 6.54 Å². The van der Waals surface area contributed by atoms with Crippen molar-refractivity contribution in [1.82, 2.24) is 9.80 Å². The van der Waals surface area contributed by atoms with E-state index in [-0.39, 0.29) is 30.3 Å². The quantitative estimate of drug-likeness (QED) is 0.478. The Labute approximate surface area is 181 Å². The van der Waals surface area contributed by atoms with Gasteiger partial charge in [0.05, 0.1) is 12.8 Å². The SMILES string of the molecule is CCCCC(CC)C(=O)N(CC(=O)N(Cc1ccccc1)Cc1ccco1)C(C)C. The molecule has 0 radical (unpaired) electrons. The third-order valence-corrected chi connectivity index (χ3v) is 5.46. The van der Waals surface area contributed by atoms with Gasteiger partial charge in [-0.3, -0.25) is 9.59 Å². The highest BCUT2D eigenvalue weighted by molar-refractivity contribution is 5.86. The van der Waals surface area contributed by atoms with Gasteiger partial charge in [-0.2, -0.15) is 0 Å². The summed E-state index contributed by atoms with van der Waals surface area (Å²) in [6.07, 6.45) is 5.39. The molecule has 0 N–H and O–H groups in total. The number of furan rings is 1. The van der Waals surface area contributed by atoms with Crippen molar-refractivity contribution < 1.29 is 14.0 Å². The summed E-state index contributed by atoms with van der Waals surface area (Å²) in [5.41, 5.74) is 1.05. The molecule has 164 valence electrons. The van der Waals surface area contributed by atoms with Crippen LogP contribution in [0.15, 0.2) is 53.1 Å². The van der Waals surface area contributed by atoms with E-state index < -0.39 is 0 Å². The summed E-state index contributed by atoms with van der Waals surface area (Å²) in [6, 6.07) is 13.6. The fourth-order valence-electron chi connectivity index (χ4n) is 3.57. The fourth-order valence-corrected chi connectivity index (χ4v) is 3.57. The van der Waals surface area contributed by atoms with Crippen molar-refractivity contribution in [2.24, 2.45) is 5.92 Å². The zero-order valence-electron chi connectivity index (χ0n) is 18.8. The molecule has 2 aromatic rings. The summed E-state index contributed by atoms with van der Waals surface area (Å²) in [5, 5.41) is 0. The standard InChI is InChI=1S/C25H36N2O3/c1-5-7-14-22(6-2)25(29)27(20(3)4)19-24(28)26(18-23-15-11-16-30-23)17-21-12-9-8-10-13-21/h8-13,15-16,20,22H,5-7,14,17-19H2,1-4H3. The monoisotopic (exact) mass is 412 g/mol. The van der Waals surface area contributed by atoms with Crippen molar-refractivity contribution in [3.8, 4) is 0 Å². The average Bonchev–Trinajstić information content (AvgIpc) is 3.25. The Morgan fingerprint density at radius 2 is 1.73 bits per heavy atom. The lowest BCUT2D eigenvalue weighted by molar-refractivity contribution is -0.145. The van der Waals surface area contributed by atoms with E-state index in [9.17, 15) is 9.59 Å². The van der Waals surface area contributed by atoms with Gasteiger partial charge in [-0.05, 0) is 44.4 Å². The van der Waals surface area contributed by atoms with Gasteiger partial charge in [0.1, 0.15) is 12.3 Å². The van der Waals surface area contributed by atoms with Crippen LogP contribution in [0.3, 0.4) is 0 Å². The number of benzene rings is 1. The number of carbonyl (C=O) groups excluding carboxylic acids is 2. The van der Waals surface area contributed by atoms with Crippen LogP contribution >= 0.6 is 0 Å². The minimum atomic E-state index is -0.0670. The van der Waals surface area contributed by atoms with Crippen LogP contribution in [-0.2, 0) is 22.7 Å². The van der Waals surface area contributed by atoms with Gasteiger partial charge in [-0.1, -0.05) is 57.0 Å². The van der Waals surface area contributed by atoms with Crippen LogP contribution in [-0.4, -0.2) is 34.2 Å². The maximum absolute atomic E-state index is 13.3. The van der Waals surface area contributed by atoms with Gasteiger partial charge >= 0.3 is 0 Å². The van der Waals surface area contributed by atoms with Crippen LogP contribution in [0.4, 0.5) is 0 Å². The number of amides is 2. The van der Waals surface area contributed by atoms with Crippen LogP contribution in [0.2, 0.25) is 0 Å². The van der Waals surface area contributed by atoms with Crippen molar-refractivity contribution >= 4 is 11.8 Å². The first-order valence-corrected chi connectivity index (χ1v) is 11.1. The van der Waals surface area contributed by atoms with Gasteiger partial charge in [-0.15, -0.1) is 0 Å². The largest absolute Gasteiger partial charge is 0.467 e. The molecule has 0 aliphatic heterocycles. The van der Waals surface area contributed by atoms with E-state index in [0.29, 0.717) is 13.1 Å². The van der Waals surface area contributed by atoms with Crippen molar-refractivity contribution in [2.45, 2.75) is 72.5 Å². The van der Waals surface area contributed by atoms with Crippen molar-refractivity contribution in [1.29, 1.82) is 0 Å². The molecule has 0 saturated carbocycles. The lowest BCUT2D eigenvalue weighted by Gasteiger charge is -2.32. The summed E-state index contributed by atoms with van der Waals surface area (Å²) >= 11 is 0. The van der Waals surface area contributed by atoms with E-state index in [1.165, 1.54) is 0 Å². The Hall–Kier alpha value is -2.56. The first-order valence-electron chi connectivity index (χ1n) is 11.1. The number of rotatable bonds is 12. The molecule has 0 saturated heterocycles. The normalized spacial score (nSPS) is 12.0. The lowest BCUT2D eigenvalue weighted by atomic mass is 9.97. The number of carbonyl (C=O) groups is 2. The van der Waals surface area contributed by atoms with E-state index in [1.807, 2.05) is 56.3 Å². The minimum absolute atomic E-state index is 0.0206. The second-order valence-electron chi connectivity index (χ2n) is 8.12. The molecule has 0 bridgehead atoms. The van der Waals surface area contributed by atoms with E-state index in [1.54, 1.807) is 16.1 Å². The van der Waals surface area contributed by atoms with Crippen LogP contribution in [0.5, 0.6) is 0 Å². The lowest BCUT2D eigenvalue weighted by Crippen LogP contribution is -2.47. The van der Waals surface area contributed by atoms with E-state index in [0.717, 1.165) is 37.0 Å². The van der Waals surface area contributed by atoms with Gasteiger partial charge in [0.25, 0.3) is 0 Å². The molecule has 30 heavy (non-hydrogen) atoms. The summed E-state index contributed by atoms with van der Waals surface area (Å²) in [5.74, 6) is 0.735. The predicted octanol–water partition coefficient (Wildman–Crippen LogP) is 5.26. The molecule has 1 heterocycles. The van der Waals surface area contributed by atoms with Gasteiger partial charge < -0.3 is 14.2 Å². The maximum Gasteiger partial charge on any atom is 0.242 e. The molecule has 1 atom stereocenters. The smallest absolute Gasteiger partial charge is 0.242 e. The van der Waals surface area contributed by atoms with Crippen molar-refractivity contribution in [3.05, 3.63) is 60.1 Å². The highest BCUT2D eigenvalue weighted by Gasteiger charge is 2.28. The minimum Gasteiger partial charge on any atom is -0.467 e. The second kappa shape index (κ2) is 12.2. The zero-order chi connectivity index (χ0) is 21.9. The highest BCUT2D eigenvalue weighted by Crippen LogP contribution is 2.19. The fraction of sp³-hybridized carbons (Fsp3) is 0.520. The van der Waals surface area contributed by atoms with Gasteiger partial charge in [0.2, 0.25) is 11.8 Å². The molecular weight excluding hydrogens is 376 g/mol. The second-order valence-corrected chi connectivity index (χ2v) is 8.12. The van der Waals surface area contributed by atoms with Crippen molar-refractivity contribution in [3.63, 3.8) is 0 Å². The summed E-state index contributed by atoms with van der Waals surface area (Å²) in [7, 11) is 0. The number of hydrogen-bond donors (Lipinski definition) is 0. The molecule has 5 heteroatoms. The Morgan fingerprint density at radius 3 is 2.30 bits per heavy atom. The van der Waals surface area contributed by atoms with Crippen LogP contribution in [0.1, 0.15) is 64.7 Å². The molecule has 1 aromatic heterocycles. The topological polar surface area (TPSA) is 53.8 Å². The van der Waals surface area contributed by atoms with Crippen LogP contribution in [0.25, 0.3) is 0 Å². The van der Waals surface area contributed by atoms with E-state index >= 15 is 0 Å². The molecule has 1 unspecified atom stereocenters.